The maximum Gasteiger partial charge on any atom is 0.341 e. The highest BCUT2D eigenvalue weighted by Gasteiger charge is 2.30. The Morgan fingerprint density at radius 2 is 2.07 bits per heavy atom. The second-order valence-electron chi connectivity index (χ2n) is 7.10. The van der Waals surface area contributed by atoms with Gasteiger partial charge in [-0.25, -0.2) is 9.18 Å². The number of carboxylic acid groups (broad SMARTS) is 1. The van der Waals surface area contributed by atoms with Gasteiger partial charge in [-0.15, -0.1) is 12.4 Å². The van der Waals surface area contributed by atoms with Crippen LogP contribution >= 0.6 is 12.4 Å². The van der Waals surface area contributed by atoms with Crippen LogP contribution in [0.15, 0.2) is 47.8 Å². The van der Waals surface area contributed by atoms with E-state index in [0.29, 0.717) is 11.0 Å². The van der Waals surface area contributed by atoms with Crippen LogP contribution in [0, 0.1) is 5.82 Å². The Balaban J connectivity index is 0.00000218. The lowest BCUT2D eigenvalue weighted by Gasteiger charge is -2.18. The van der Waals surface area contributed by atoms with E-state index in [-0.39, 0.29) is 40.8 Å². The summed E-state index contributed by atoms with van der Waals surface area (Å²) in [5.41, 5.74) is 0.124. The zero-order valence-corrected chi connectivity index (χ0v) is 16.6. The van der Waals surface area contributed by atoms with Gasteiger partial charge in [-0.2, -0.15) is 0 Å². The third-order valence-electron chi connectivity index (χ3n) is 5.24. The van der Waals surface area contributed by atoms with Crippen LogP contribution in [0.25, 0.3) is 27.5 Å². The summed E-state index contributed by atoms with van der Waals surface area (Å²) in [5.74, 6) is -1.84. The van der Waals surface area contributed by atoms with Crippen molar-refractivity contribution in [3.8, 4) is 11.4 Å². The SMILES string of the molecule is COc1c(-n2cc3cccnc3c2)c(F)cc2c(=O)c(C(=O)O)cn(C3CC3)c12.Cl. The van der Waals surface area contributed by atoms with Crippen molar-refractivity contribution < 1.29 is 19.0 Å². The maximum absolute atomic E-state index is 15.2. The molecule has 7 nitrogen and oxygen atoms in total. The number of pyridine rings is 2. The lowest BCUT2D eigenvalue weighted by molar-refractivity contribution is 0.0695. The van der Waals surface area contributed by atoms with E-state index in [1.165, 1.54) is 13.3 Å². The molecule has 0 atom stereocenters. The molecule has 0 amide bonds. The van der Waals surface area contributed by atoms with Crippen LogP contribution in [0.3, 0.4) is 0 Å². The van der Waals surface area contributed by atoms with Crippen molar-refractivity contribution in [3.05, 3.63) is 64.6 Å². The molecule has 0 spiro atoms. The molecule has 0 bridgehead atoms. The van der Waals surface area contributed by atoms with Crippen LogP contribution < -0.4 is 10.2 Å². The average Bonchev–Trinajstić information content (AvgIpc) is 3.45. The number of hydrogen-bond donors (Lipinski definition) is 1. The smallest absolute Gasteiger partial charge is 0.341 e. The first-order valence-corrected chi connectivity index (χ1v) is 9.11. The van der Waals surface area contributed by atoms with E-state index in [4.69, 9.17) is 4.74 Å². The number of nitrogens with zero attached hydrogens (tertiary/aromatic N) is 3. The molecule has 1 aromatic carbocycles. The number of aromatic nitrogens is 3. The van der Waals surface area contributed by atoms with E-state index in [1.54, 1.807) is 33.8 Å². The van der Waals surface area contributed by atoms with Gasteiger partial charge < -0.3 is 19.0 Å². The van der Waals surface area contributed by atoms with Crippen molar-refractivity contribution in [2.24, 2.45) is 0 Å². The Morgan fingerprint density at radius 3 is 2.70 bits per heavy atom. The van der Waals surface area contributed by atoms with Gasteiger partial charge in [-0.05, 0) is 31.0 Å². The first-order valence-electron chi connectivity index (χ1n) is 9.11. The molecule has 1 saturated carbocycles. The van der Waals surface area contributed by atoms with Crippen LogP contribution in [0.2, 0.25) is 0 Å². The van der Waals surface area contributed by atoms with Gasteiger partial charge in [0.05, 0.1) is 23.5 Å². The lowest BCUT2D eigenvalue weighted by atomic mass is 10.1. The molecule has 1 aliphatic rings. The largest absolute Gasteiger partial charge is 0.492 e. The summed E-state index contributed by atoms with van der Waals surface area (Å²) >= 11 is 0. The number of hydrogen-bond acceptors (Lipinski definition) is 4. The van der Waals surface area contributed by atoms with Gasteiger partial charge in [0.15, 0.2) is 11.6 Å². The molecule has 0 radical (unpaired) electrons. The fourth-order valence-electron chi connectivity index (χ4n) is 3.77. The summed E-state index contributed by atoms with van der Waals surface area (Å²) in [4.78, 5) is 28.6. The third kappa shape index (κ3) is 2.91. The number of rotatable bonds is 4. The Bertz CT molecular complexity index is 1340. The first-order chi connectivity index (χ1) is 14.0. The van der Waals surface area contributed by atoms with Crippen molar-refractivity contribution in [1.82, 2.24) is 14.1 Å². The third-order valence-corrected chi connectivity index (χ3v) is 5.24. The van der Waals surface area contributed by atoms with Gasteiger partial charge in [-0.3, -0.25) is 9.78 Å². The quantitative estimate of drug-likeness (QED) is 0.531. The Hall–Kier alpha value is -3.39. The summed E-state index contributed by atoms with van der Waals surface area (Å²) in [6.07, 6.45) is 8.11. The second-order valence-corrected chi connectivity index (χ2v) is 7.10. The number of carboxylic acids is 1. The van der Waals surface area contributed by atoms with E-state index >= 15 is 4.39 Å². The fourth-order valence-corrected chi connectivity index (χ4v) is 3.77. The molecule has 30 heavy (non-hydrogen) atoms. The Morgan fingerprint density at radius 1 is 1.30 bits per heavy atom. The molecule has 0 aliphatic heterocycles. The normalized spacial score (nSPS) is 13.4. The van der Waals surface area contributed by atoms with E-state index in [9.17, 15) is 14.7 Å². The van der Waals surface area contributed by atoms with E-state index in [1.807, 2.05) is 6.07 Å². The second kappa shape index (κ2) is 7.14. The molecule has 1 fully saturated rings. The molecule has 3 aromatic heterocycles. The number of carbonyl (C=O) groups is 1. The van der Waals surface area contributed by atoms with Gasteiger partial charge >= 0.3 is 5.97 Å². The van der Waals surface area contributed by atoms with Crippen LogP contribution in [0.1, 0.15) is 29.2 Å². The fraction of sp³-hybridized carbons (Fsp3) is 0.190. The number of fused-ring (bicyclic) bond motifs is 2. The Kier molecular flexibility index (Phi) is 4.74. The van der Waals surface area contributed by atoms with E-state index in [0.717, 1.165) is 24.3 Å². The average molecular weight is 430 g/mol. The molecule has 0 unspecified atom stereocenters. The molecule has 9 heteroatoms. The summed E-state index contributed by atoms with van der Waals surface area (Å²) in [5, 5.41) is 10.2. The highest BCUT2D eigenvalue weighted by molar-refractivity contribution is 5.96. The van der Waals surface area contributed by atoms with E-state index in [2.05, 4.69) is 4.98 Å². The molecule has 4 aromatic rings. The number of benzene rings is 1. The van der Waals surface area contributed by atoms with E-state index < -0.39 is 17.2 Å². The van der Waals surface area contributed by atoms with Gasteiger partial charge in [0.25, 0.3) is 0 Å². The number of ether oxygens (including phenoxy) is 1. The maximum atomic E-state index is 15.2. The summed E-state index contributed by atoms with van der Waals surface area (Å²) in [6, 6.07) is 4.80. The highest BCUT2D eigenvalue weighted by Crippen LogP contribution is 2.42. The van der Waals surface area contributed by atoms with Gasteiger partial charge in [-0.1, -0.05) is 0 Å². The van der Waals surface area contributed by atoms with Gasteiger partial charge in [0, 0.05) is 36.2 Å². The minimum Gasteiger partial charge on any atom is -0.492 e. The lowest BCUT2D eigenvalue weighted by Crippen LogP contribution is -2.20. The molecule has 1 aliphatic carbocycles. The Labute approximate surface area is 175 Å². The predicted octanol–water partition coefficient (Wildman–Crippen LogP) is 3.94. The van der Waals surface area contributed by atoms with Crippen LogP contribution in [0.4, 0.5) is 4.39 Å². The predicted molar refractivity (Wildman–Crippen MR) is 112 cm³/mol. The summed E-state index contributed by atoms with van der Waals surface area (Å²) in [6.45, 7) is 0. The molecular formula is C21H17ClFN3O4. The van der Waals surface area contributed by atoms with Crippen molar-refractivity contribution in [3.63, 3.8) is 0 Å². The summed E-state index contributed by atoms with van der Waals surface area (Å²) < 4.78 is 24.1. The minimum absolute atomic E-state index is 0. The molecule has 1 N–H and O–H groups in total. The number of halogens is 2. The molecule has 3 heterocycles. The van der Waals surface area contributed by atoms with Crippen molar-refractivity contribution in [2.45, 2.75) is 18.9 Å². The van der Waals surface area contributed by atoms with Crippen molar-refractivity contribution >= 4 is 40.2 Å². The molecule has 0 saturated heterocycles. The van der Waals surface area contributed by atoms with Crippen molar-refractivity contribution in [2.75, 3.05) is 7.11 Å². The van der Waals surface area contributed by atoms with Crippen molar-refractivity contribution in [1.29, 1.82) is 0 Å². The monoisotopic (exact) mass is 429 g/mol. The summed E-state index contributed by atoms with van der Waals surface area (Å²) in [7, 11) is 1.41. The molecule has 154 valence electrons. The number of aromatic carboxylic acids is 1. The van der Waals surface area contributed by atoms with Gasteiger partial charge in [0.1, 0.15) is 11.3 Å². The standard InChI is InChI=1S/C21H16FN3O4.ClH/c1-29-20-17-13(19(26)14(21(27)28)9-25(17)12-4-5-12)7-15(22)18(20)24-8-11-3-2-6-23-16(11)10-24;/h2-3,6-10,12H,4-5H2,1H3,(H,27,28);1H. The highest BCUT2D eigenvalue weighted by atomic mass is 35.5. The zero-order valence-electron chi connectivity index (χ0n) is 15.8. The van der Waals surface area contributed by atoms with Crippen LogP contribution in [0.5, 0.6) is 5.75 Å². The molecule has 5 rings (SSSR count). The molecular weight excluding hydrogens is 413 g/mol. The van der Waals surface area contributed by atoms with Crippen LogP contribution in [-0.4, -0.2) is 32.3 Å². The zero-order chi connectivity index (χ0) is 20.3. The van der Waals surface area contributed by atoms with Crippen LogP contribution in [-0.2, 0) is 0 Å². The minimum atomic E-state index is -1.34. The number of methoxy groups -OCH3 is 1. The first kappa shape index (κ1) is 19.9. The van der Waals surface area contributed by atoms with Gasteiger partial charge in [0.2, 0.25) is 5.43 Å². The topological polar surface area (TPSA) is 86.3 Å².